The van der Waals surface area contributed by atoms with Crippen molar-refractivity contribution < 1.29 is 17.9 Å². The molecule has 2 rings (SSSR count). The van der Waals surface area contributed by atoms with Gasteiger partial charge in [-0.25, -0.2) is 8.78 Å². The highest BCUT2D eigenvalue weighted by atomic mass is 35.5. The van der Waals surface area contributed by atoms with Crippen LogP contribution < -0.4 is 5.32 Å². The molecule has 3 nitrogen and oxygen atoms in total. The molecule has 0 fully saturated rings. The Morgan fingerprint density at radius 3 is 2.86 bits per heavy atom. The summed E-state index contributed by atoms with van der Waals surface area (Å²) >= 11 is 6.09. The van der Waals surface area contributed by atoms with E-state index in [1.165, 1.54) is 0 Å². The number of benzene rings is 1. The summed E-state index contributed by atoms with van der Waals surface area (Å²) in [4.78, 5) is 0. The van der Waals surface area contributed by atoms with Crippen molar-refractivity contribution in [2.45, 2.75) is 25.8 Å². The van der Waals surface area contributed by atoms with Crippen molar-refractivity contribution in [1.29, 1.82) is 0 Å². The zero-order chi connectivity index (χ0) is 15.2. The summed E-state index contributed by atoms with van der Waals surface area (Å²) in [5.41, 5.74) is 0.644. The van der Waals surface area contributed by atoms with E-state index in [0.717, 1.165) is 17.7 Å². The Morgan fingerprint density at radius 2 is 2.19 bits per heavy atom. The first-order valence-corrected chi connectivity index (χ1v) is 7.26. The third-order valence-corrected chi connectivity index (χ3v) is 3.40. The van der Waals surface area contributed by atoms with Crippen molar-refractivity contribution in [3.05, 3.63) is 35.0 Å². The monoisotopic (exact) mass is 317 g/mol. The van der Waals surface area contributed by atoms with Crippen molar-refractivity contribution in [1.82, 2.24) is 5.32 Å². The second-order valence-corrected chi connectivity index (χ2v) is 5.08. The van der Waals surface area contributed by atoms with Crippen LogP contribution in [-0.4, -0.2) is 26.2 Å². The van der Waals surface area contributed by atoms with Gasteiger partial charge in [-0.2, -0.15) is 0 Å². The molecule has 0 aliphatic carbocycles. The number of furan rings is 1. The molecule has 0 spiro atoms. The maximum Gasteiger partial charge on any atom is 0.261 e. The van der Waals surface area contributed by atoms with E-state index >= 15 is 0 Å². The summed E-state index contributed by atoms with van der Waals surface area (Å²) in [7, 11) is 0. The maximum atomic E-state index is 12.0. The number of nitrogens with one attached hydrogen (secondary N) is 1. The van der Waals surface area contributed by atoms with E-state index in [-0.39, 0.29) is 12.6 Å². The molecule has 1 atom stereocenters. The molecule has 0 aliphatic heterocycles. The number of rotatable bonds is 8. The minimum absolute atomic E-state index is 0.0869. The summed E-state index contributed by atoms with van der Waals surface area (Å²) in [6.45, 7) is 2.42. The molecule has 0 saturated heterocycles. The molecule has 0 saturated carbocycles. The highest BCUT2D eigenvalue weighted by molar-refractivity contribution is 6.34. The number of ether oxygens (including phenoxy) is 1. The molecular formula is C15H18ClF2NO2. The van der Waals surface area contributed by atoms with Gasteiger partial charge < -0.3 is 14.5 Å². The van der Waals surface area contributed by atoms with Crippen LogP contribution in [0.3, 0.4) is 0 Å². The fourth-order valence-corrected chi connectivity index (χ4v) is 2.40. The number of para-hydroxylation sites is 1. The first-order chi connectivity index (χ1) is 10.1. The summed E-state index contributed by atoms with van der Waals surface area (Å²) in [5.74, 6) is 0.737. The Bertz CT molecular complexity index is 574. The van der Waals surface area contributed by atoms with Crippen LogP contribution in [0.4, 0.5) is 8.78 Å². The zero-order valence-corrected chi connectivity index (χ0v) is 12.5. The van der Waals surface area contributed by atoms with Crippen LogP contribution in [0.15, 0.2) is 28.7 Å². The van der Waals surface area contributed by atoms with E-state index in [1.807, 2.05) is 25.1 Å². The average Bonchev–Trinajstić information content (AvgIpc) is 2.87. The molecule has 1 aromatic heterocycles. The van der Waals surface area contributed by atoms with Gasteiger partial charge in [0, 0.05) is 12.0 Å². The lowest BCUT2D eigenvalue weighted by molar-refractivity contribution is 0.0139. The van der Waals surface area contributed by atoms with E-state index in [4.69, 9.17) is 20.8 Å². The van der Waals surface area contributed by atoms with Gasteiger partial charge in [0.25, 0.3) is 6.43 Å². The van der Waals surface area contributed by atoms with Gasteiger partial charge in [0.1, 0.15) is 12.4 Å². The molecule has 1 heterocycles. The molecule has 0 aliphatic rings. The summed E-state index contributed by atoms with van der Waals surface area (Å²) in [5, 5.41) is 4.75. The van der Waals surface area contributed by atoms with Crippen LogP contribution in [0.2, 0.25) is 5.02 Å². The summed E-state index contributed by atoms with van der Waals surface area (Å²) in [6.07, 6.45) is -1.88. The predicted octanol–water partition coefficient (Wildman–Crippen LogP) is 4.41. The first-order valence-electron chi connectivity index (χ1n) is 6.89. The second kappa shape index (κ2) is 7.73. The number of hydrogen-bond donors (Lipinski definition) is 1. The highest BCUT2D eigenvalue weighted by Gasteiger charge is 2.17. The number of halogens is 3. The van der Waals surface area contributed by atoms with Crippen molar-refractivity contribution in [3.8, 4) is 0 Å². The van der Waals surface area contributed by atoms with Gasteiger partial charge in [-0.05, 0) is 25.1 Å². The molecule has 0 bridgehead atoms. The molecule has 116 valence electrons. The fraction of sp³-hybridized carbons (Fsp3) is 0.467. The molecule has 6 heteroatoms. The number of hydrogen-bond acceptors (Lipinski definition) is 3. The van der Waals surface area contributed by atoms with Gasteiger partial charge >= 0.3 is 0 Å². The van der Waals surface area contributed by atoms with Gasteiger partial charge in [-0.15, -0.1) is 0 Å². The summed E-state index contributed by atoms with van der Waals surface area (Å²) < 4.78 is 34.8. The fourth-order valence-electron chi connectivity index (χ4n) is 2.18. The molecule has 2 aromatic rings. The standard InChI is InChI=1S/C15H18ClF2NO2/c1-2-19-12(6-7-20-9-14(17)18)13-8-10-4-3-5-11(16)15(10)21-13/h3-5,8,12,14,19H,2,6-7,9H2,1H3. The van der Waals surface area contributed by atoms with Crippen molar-refractivity contribution in [2.24, 2.45) is 0 Å². The minimum atomic E-state index is -2.44. The van der Waals surface area contributed by atoms with Crippen LogP contribution in [0.5, 0.6) is 0 Å². The van der Waals surface area contributed by atoms with Gasteiger partial charge in [0.15, 0.2) is 5.58 Å². The smallest absolute Gasteiger partial charge is 0.261 e. The SMILES string of the molecule is CCNC(CCOCC(F)F)c1cc2cccc(Cl)c2o1. The largest absolute Gasteiger partial charge is 0.458 e. The van der Waals surface area contributed by atoms with E-state index < -0.39 is 13.0 Å². The maximum absolute atomic E-state index is 12.0. The minimum Gasteiger partial charge on any atom is -0.458 e. The number of alkyl halides is 2. The highest BCUT2D eigenvalue weighted by Crippen LogP contribution is 2.30. The molecule has 0 radical (unpaired) electrons. The van der Waals surface area contributed by atoms with Gasteiger partial charge in [0.05, 0.1) is 11.1 Å². The third kappa shape index (κ3) is 4.40. The molecule has 0 amide bonds. The lowest BCUT2D eigenvalue weighted by Crippen LogP contribution is -2.22. The van der Waals surface area contributed by atoms with E-state index in [1.54, 1.807) is 6.07 Å². The van der Waals surface area contributed by atoms with Crippen LogP contribution in [-0.2, 0) is 4.74 Å². The molecular weight excluding hydrogens is 300 g/mol. The lowest BCUT2D eigenvalue weighted by Gasteiger charge is -2.15. The third-order valence-electron chi connectivity index (χ3n) is 3.10. The Labute approximate surface area is 127 Å². The quantitative estimate of drug-likeness (QED) is 0.732. The van der Waals surface area contributed by atoms with Gasteiger partial charge in [-0.1, -0.05) is 30.7 Å². The Morgan fingerprint density at radius 1 is 1.38 bits per heavy atom. The molecule has 1 aromatic carbocycles. The molecule has 21 heavy (non-hydrogen) atoms. The molecule has 1 unspecified atom stereocenters. The Balaban J connectivity index is 2.06. The Kier molecular flexibility index (Phi) is 5.96. The van der Waals surface area contributed by atoms with Crippen LogP contribution in [0.1, 0.15) is 25.1 Å². The number of fused-ring (bicyclic) bond motifs is 1. The van der Waals surface area contributed by atoms with Crippen LogP contribution in [0, 0.1) is 0 Å². The van der Waals surface area contributed by atoms with Crippen molar-refractivity contribution in [3.63, 3.8) is 0 Å². The average molecular weight is 318 g/mol. The van der Waals surface area contributed by atoms with Crippen molar-refractivity contribution >= 4 is 22.6 Å². The summed E-state index contributed by atoms with van der Waals surface area (Å²) in [6, 6.07) is 7.38. The van der Waals surface area contributed by atoms with Crippen LogP contribution >= 0.6 is 11.6 Å². The molecule has 1 N–H and O–H groups in total. The first kappa shape index (κ1) is 16.2. The lowest BCUT2D eigenvalue weighted by atomic mass is 10.1. The second-order valence-electron chi connectivity index (χ2n) is 4.67. The van der Waals surface area contributed by atoms with E-state index in [9.17, 15) is 8.78 Å². The normalized spacial score (nSPS) is 13.2. The van der Waals surface area contributed by atoms with Gasteiger partial charge in [-0.3, -0.25) is 0 Å². The van der Waals surface area contributed by atoms with Gasteiger partial charge in [0.2, 0.25) is 0 Å². The Hall–Kier alpha value is -1.17. The predicted molar refractivity (Wildman–Crippen MR) is 79.1 cm³/mol. The van der Waals surface area contributed by atoms with E-state index in [0.29, 0.717) is 17.0 Å². The topological polar surface area (TPSA) is 34.4 Å². The van der Waals surface area contributed by atoms with Crippen LogP contribution in [0.25, 0.3) is 11.0 Å². The van der Waals surface area contributed by atoms with Crippen molar-refractivity contribution in [2.75, 3.05) is 19.8 Å². The zero-order valence-electron chi connectivity index (χ0n) is 11.7. The van der Waals surface area contributed by atoms with E-state index in [2.05, 4.69) is 5.32 Å².